The molecule has 0 fully saturated rings. The third kappa shape index (κ3) is 4.73. The fraction of sp³-hybridized carbons (Fsp3) is 0.118. The average Bonchev–Trinajstić information content (AvgIpc) is 3.10. The van der Waals surface area contributed by atoms with E-state index in [1.807, 2.05) is 0 Å². The number of halogens is 5. The summed E-state index contributed by atoms with van der Waals surface area (Å²) in [5, 5.41) is 13.6. The van der Waals surface area contributed by atoms with Gasteiger partial charge in [0.15, 0.2) is 5.11 Å². The van der Waals surface area contributed by atoms with Crippen molar-refractivity contribution < 1.29 is 17.6 Å². The Bertz CT molecular complexity index is 1040. The van der Waals surface area contributed by atoms with Crippen molar-refractivity contribution in [3.8, 4) is 11.5 Å². The molecule has 146 valence electrons. The highest BCUT2D eigenvalue weighted by atomic mass is 35.5. The van der Waals surface area contributed by atoms with E-state index in [9.17, 15) is 13.2 Å². The summed E-state index contributed by atoms with van der Waals surface area (Å²) in [6.45, 7) is 1.75. The maximum atomic E-state index is 12.6. The largest absolute Gasteiger partial charge is 0.470 e. The van der Waals surface area contributed by atoms with Crippen molar-refractivity contribution >= 4 is 51.9 Å². The molecule has 3 rings (SSSR count). The van der Waals surface area contributed by atoms with Crippen molar-refractivity contribution in [3.63, 3.8) is 0 Å². The standard InChI is InChI=1S/C17H11Cl2F3N4OS/c1-8-6-9(14-25-26-15(27-14)17(20,21)22)2-4-12(8)23-16(28)24-13-5-3-10(18)7-11(13)19/h2-7H,1H3,(H2,23,24,28). The maximum absolute atomic E-state index is 12.6. The molecule has 0 aliphatic carbocycles. The van der Waals surface area contributed by atoms with Crippen LogP contribution in [0.3, 0.4) is 0 Å². The number of aryl methyl sites for hydroxylation is 1. The molecule has 28 heavy (non-hydrogen) atoms. The van der Waals surface area contributed by atoms with Gasteiger partial charge < -0.3 is 15.1 Å². The number of nitrogens with one attached hydrogen (secondary N) is 2. The van der Waals surface area contributed by atoms with E-state index in [0.717, 1.165) is 0 Å². The van der Waals surface area contributed by atoms with Gasteiger partial charge in [0, 0.05) is 16.3 Å². The molecule has 0 bridgehead atoms. The van der Waals surface area contributed by atoms with Crippen LogP contribution in [-0.2, 0) is 6.18 Å². The second-order valence-electron chi connectivity index (χ2n) is 5.64. The number of hydrogen-bond acceptors (Lipinski definition) is 4. The lowest BCUT2D eigenvalue weighted by Gasteiger charge is -2.14. The molecule has 1 aromatic heterocycles. The van der Waals surface area contributed by atoms with E-state index in [1.54, 1.807) is 43.3 Å². The van der Waals surface area contributed by atoms with E-state index in [1.165, 1.54) is 0 Å². The molecule has 2 N–H and O–H groups in total. The molecule has 0 saturated heterocycles. The van der Waals surface area contributed by atoms with Gasteiger partial charge in [-0.1, -0.05) is 23.2 Å². The zero-order valence-corrected chi connectivity index (χ0v) is 16.4. The quantitative estimate of drug-likeness (QED) is 0.468. The summed E-state index contributed by atoms with van der Waals surface area (Å²) >= 11 is 17.2. The number of aromatic nitrogens is 2. The summed E-state index contributed by atoms with van der Waals surface area (Å²) in [6.07, 6.45) is -4.69. The molecule has 0 aliphatic rings. The Labute approximate surface area is 172 Å². The van der Waals surface area contributed by atoms with Crippen molar-refractivity contribution in [3.05, 3.63) is 57.9 Å². The minimum Gasteiger partial charge on any atom is -0.413 e. The molecule has 11 heteroatoms. The van der Waals surface area contributed by atoms with Gasteiger partial charge in [-0.15, -0.1) is 10.2 Å². The molecule has 0 unspecified atom stereocenters. The predicted octanol–water partition coefficient (Wildman–Crippen LogP) is 6.18. The lowest BCUT2D eigenvalue weighted by Crippen LogP contribution is -2.19. The third-order valence-corrected chi connectivity index (χ3v) is 4.32. The number of anilines is 2. The van der Waals surface area contributed by atoms with Crippen LogP contribution in [0.5, 0.6) is 0 Å². The van der Waals surface area contributed by atoms with Crippen LogP contribution in [0, 0.1) is 6.92 Å². The van der Waals surface area contributed by atoms with Crippen LogP contribution in [-0.4, -0.2) is 15.3 Å². The van der Waals surface area contributed by atoms with Gasteiger partial charge in [-0.3, -0.25) is 0 Å². The second-order valence-corrected chi connectivity index (χ2v) is 6.90. The Kier molecular flexibility index (Phi) is 5.78. The number of thiocarbonyl (C=S) groups is 1. The van der Waals surface area contributed by atoms with E-state index in [-0.39, 0.29) is 11.0 Å². The Morgan fingerprint density at radius 1 is 1.04 bits per heavy atom. The monoisotopic (exact) mass is 446 g/mol. The molecular weight excluding hydrogens is 436 g/mol. The van der Waals surface area contributed by atoms with Crippen LogP contribution in [0.15, 0.2) is 40.8 Å². The van der Waals surface area contributed by atoms with Crippen molar-refractivity contribution in [1.82, 2.24) is 10.2 Å². The highest BCUT2D eigenvalue weighted by Gasteiger charge is 2.38. The van der Waals surface area contributed by atoms with Gasteiger partial charge in [0.1, 0.15) is 0 Å². The van der Waals surface area contributed by atoms with E-state index in [0.29, 0.717) is 32.5 Å². The van der Waals surface area contributed by atoms with Gasteiger partial charge in [-0.2, -0.15) is 13.2 Å². The Hall–Kier alpha value is -2.36. The summed E-state index contributed by atoms with van der Waals surface area (Å²) in [5.41, 5.74) is 2.27. The number of alkyl halides is 3. The zero-order chi connectivity index (χ0) is 20.5. The molecule has 5 nitrogen and oxygen atoms in total. The summed E-state index contributed by atoms with van der Waals surface area (Å²) < 4.78 is 42.4. The highest BCUT2D eigenvalue weighted by molar-refractivity contribution is 7.80. The lowest BCUT2D eigenvalue weighted by molar-refractivity contribution is -0.156. The van der Waals surface area contributed by atoms with Crippen molar-refractivity contribution in [1.29, 1.82) is 0 Å². The first-order valence-electron chi connectivity index (χ1n) is 7.68. The van der Waals surface area contributed by atoms with Gasteiger partial charge in [0.25, 0.3) is 0 Å². The summed E-state index contributed by atoms with van der Waals surface area (Å²) in [4.78, 5) is 0. The molecule has 0 atom stereocenters. The molecule has 0 aliphatic heterocycles. The van der Waals surface area contributed by atoms with Crippen LogP contribution >= 0.6 is 35.4 Å². The fourth-order valence-corrected chi connectivity index (χ4v) is 2.93. The predicted molar refractivity (Wildman–Crippen MR) is 106 cm³/mol. The second kappa shape index (κ2) is 7.94. The molecule has 0 saturated carbocycles. The molecule has 2 aromatic carbocycles. The molecular formula is C17H11Cl2F3N4OS. The molecule has 1 heterocycles. The fourth-order valence-electron chi connectivity index (χ4n) is 2.26. The topological polar surface area (TPSA) is 63.0 Å². The minimum atomic E-state index is -4.69. The highest BCUT2D eigenvalue weighted by Crippen LogP contribution is 2.31. The van der Waals surface area contributed by atoms with Crippen molar-refractivity contribution in [2.45, 2.75) is 13.1 Å². The first-order chi connectivity index (χ1) is 13.1. The average molecular weight is 447 g/mol. The molecule has 0 radical (unpaired) electrons. The molecule has 3 aromatic rings. The first-order valence-corrected chi connectivity index (χ1v) is 8.84. The number of hydrogen-bond donors (Lipinski definition) is 2. The number of nitrogens with zero attached hydrogens (tertiary/aromatic N) is 2. The van der Waals surface area contributed by atoms with E-state index in [2.05, 4.69) is 25.2 Å². The van der Waals surface area contributed by atoms with Crippen LogP contribution in [0.4, 0.5) is 24.5 Å². The summed E-state index contributed by atoms with van der Waals surface area (Å²) in [5.74, 6) is -1.62. The van der Waals surface area contributed by atoms with Gasteiger partial charge >= 0.3 is 12.1 Å². The van der Waals surface area contributed by atoms with Crippen LogP contribution in [0.1, 0.15) is 11.5 Å². The lowest BCUT2D eigenvalue weighted by atomic mass is 10.1. The van der Waals surface area contributed by atoms with Crippen molar-refractivity contribution in [2.75, 3.05) is 10.6 Å². The Morgan fingerprint density at radius 2 is 1.71 bits per heavy atom. The minimum absolute atomic E-state index is 0.226. The van der Waals surface area contributed by atoms with Gasteiger partial charge in [-0.05, 0) is 61.1 Å². The smallest absolute Gasteiger partial charge is 0.413 e. The van der Waals surface area contributed by atoms with E-state index < -0.39 is 12.1 Å². The van der Waals surface area contributed by atoms with Gasteiger partial charge in [0.05, 0.1) is 10.7 Å². The van der Waals surface area contributed by atoms with E-state index in [4.69, 9.17) is 35.4 Å². The van der Waals surface area contributed by atoms with Crippen molar-refractivity contribution in [2.24, 2.45) is 0 Å². The van der Waals surface area contributed by atoms with E-state index >= 15 is 0 Å². The number of rotatable bonds is 3. The summed E-state index contributed by atoms with van der Waals surface area (Å²) in [6, 6.07) is 9.71. The molecule has 0 amide bonds. The van der Waals surface area contributed by atoms with Gasteiger partial charge in [0.2, 0.25) is 5.89 Å². The van der Waals surface area contributed by atoms with Crippen LogP contribution in [0.2, 0.25) is 10.0 Å². The number of benzene rings is 2. The normalized spacial score (nSPS) is 11.4. The third-order valence-electron chi connectivity index (χ3n) is 3.57. The van der Waals surface area contributed by atoms with Gasteiger partial charge in [-0.25, -0.2) is 0 Å². The Balaban J connectivity index is 1.73. The zero-order valence-electron chi connectivity index (χ0n) is 14.1. The Morgan fingerprint density at radius 3 is 2.32 bits per heavy atom. The maximum Gasteiger partial charge on any atom is 0.470 e. The molecule has 0 spiro atoms. The SMILES string of the molecule is Cc1cc(-c2nnc(C(F)(F)F)o2)ccc1NC(=S)Nc1ccc(Cl)cc1Cl. The van der Waals surface area contributed by atoms with Crippen LogP contribution < -0.4 is 10.6 Å². The first kappa shape index (κ1) is 20.4. The summed E-state index contributed by atoms with van der Waals surface area (Å²) in [7, 11) is 0. The van der Waals surface area contributed by atoms with Crippen LogP contribution in [0.25, 0.3) is 11.5 Å².